The molecule has 9 heteroatoms. The Kier molecular flexibility index (Phi) is 4.67. The number of para-hydroxylation sites is 1. The molecule has 0 bridgehead atoms. The first-order valence-electron chi connectivity index (χ1n) is 8.36. The van der Waals surface area contributed by atoms with E-state index in [0.29, 0.717) is 36.8 Å². The first-order valence-corrected chi connectivity index (χ1v) is 9.56. The standard InChI is InChI=1S/C18H15ClN4O3S/c19-14-5-2-6-15-16(14)20-18(27-15)22-9-7-21(8-10-22)17(24)12-3-1-4-13(11-12)23(25)26/h1-6,11H,7-10H2. The van der Waals surface area contributed by atoms with Crippen molar-refractivity contribution >= 4 is 49.9 Å². The monoisotopic (exact) mass is 402 g/mol. The molecule has 0 aliphatic carbocycles. The number of halogens is 1. The predicted molar refractivity (Wildman–Crippen MR) is 106 cm³/mol. The van der Waals surface area contributed by atoms with E-state index in [9.17, 15) is 14.9 Å². The number of carbonyl (C=O) groups excluding carboxylic acids is 1. The number of nitro groups is 1. The Labute approximate surface area is 163 Å². The Hall–Kier alpha value is -2.71. The van der Waals surface area contributed by atoms with Crippen molar-refractivity contribution in [1.29, 1.82) is 0 Å². The molecular formula is C18H15ClN4O3S. The third-order valence-electron chi connectivity index (χ3n) is 4.50. The van der Waals surface area contributed by atoms with Gasteiger partial charge < -0.3 is 9.80 Å². The van der Waals surface area contributed by atoms with E-state index in [1.54, 1.807) is 22.3 Å². The number of anilines is 1. The normalized spacial score (nSPS) is 14.6. The molecule has 1 fully saturated rings. The smallest absolute Gasteiger partial charge is 0.270 e. The van der Waals surface area contributed by atoms with Crippen molar-refractivity contribution in [1.82, 2.24) is 9.88 Å². The van der Waals surface area contributed by atoms with Crippen LogP contribution < -0.4 is 4.90 Å². The minimum absolute atomic E-state index is 0.0779. The van der Waals surface area contributed by atoms with Gasteiger partial charge in [0.2, 0.25) is 0 Å². The van der Waals surface area contributed by atoms with Crippen molar-refractivity contribution < 1.29 is 9.72 Å². The molecule has 2 heterocycles. The lowest BCUT2D eigenvalue weighted by Crippen LogP contribution is -2.48. The quantitative estimate of drug-likeness (QED) is 0.491. The van der Waals surface area contributed by atoms with Gasteiger partial charge in [-0.3, -0.25) is 14.9 Å². The third kappa shape index (κ3) is 3.45. The predicted octanol–water partition coefficient (Wildman–Crippen LogP) is 3.82. The van der Waals surface area contributed by atoms with Crippen molar-refractivity contribution in [3.8, 4) is 0 Å². The fraction of sp³-hybridized carbons (Fsp3) is 0.222. The van der Waals surface area contributed by atoms with Crippen molar-refractivity contribution in [2.75, 3.05) is 31.1 Å². The lowest BCUT2D eigenvalue weighted by Gasteiger charge is -2.34. The summed E-state index contributed by atoms with van der Waals surface area (Å²) in [5.41, 5.74) is 1.06. The number of non-ortho nitro benzene ring substituents is 1. The Bertz CT molecular complexity index is 1030. The van der Waals surface area contributed by atoms with Gasteiger partial charge in [0.05, 0.1) is 14.6 Å². The fourth-order valence-corrected chi connectivity index (χ4v) is 4.39. The van der Waals surface area contributed by atoms with E-state index in [1.807, 2.05) is 18.2 Å². The molecule has 4 rings (SSSR count). The van der Waals surface area contributed by atoms with E-state index >= 15 is 0 Å². The maximum atomic E-state index is 12.7. The number of benzene rings is 2. The van der Waals surface area contributed by atoms with Gasteiger partial charge in [-0.15, -0.1) is 0 Å². The van der Waals surface area contributed by atoms with E-state index < -0.39 is 4.92 Å². The minimum Gasteiger partial charge on any atom is -0.345 e. The minimum atomic E-state index is -0.493. The van der Waals surface area contributed by atoms with Crippen LogP contribution >= 0.6 is 22.9 Å². The maximum absolute atomic E-state index is 12.7. The average molecular weight is 403 g/mol. The first-order chi connectivity index (χ1) is 13.0. The van der Waals surface area contributed by atoms with E-state index in [4.69, 9.17) is 11.6 Å². The zero-order chi connectivity index (χ0) is 19.0. The van der Waals surface area contributed by atoms with E-state index in [1.165, 1.54) is 18.2 Å². The van der Waals surface area contributed by atoms with Gasteiger partial charge in [-0.05, 0) is 18.2 Å². The number of aromatic nitrogens is 1. The van der Waals surface area contributed by atoms with Crippen LogP contribution in [0.1, 0.15) is 10.4 Å². The molecule has 0 saturated carbocycles. The van der Waals surface area contributed by atoms with Gasteiger partial charge in [0.25, 0.3) is 11.6 Å². The lowest BCUT2D eigenvalue weighted by atomic mass is 10.1. The largest absolute Gasteiger partial charge is 0.345 e. The summed E-state index contributed by atoms with van der Waals surface area (Å²) in [7, 11) is 0. The SMILES string of the molecule is O=C(c1cccc([N+](=O)[O-])c1)N1CCN(c2nc3c(Cl)cccc3s2)CC1. The van der Waals surface area contributed by atoms with Crippen LogP contribution in [0.2, 0.25) is 5.02 Å². The van der Waals surface area contributed by atoms with E-state index in [2.05, 4.69) is 9.88 Å². The van der Waals surface area contributed by atoms with Gasteiger partial charge in [-0.2, -0.15) is 0 Å². The molecule has 1 aromatic heterocycles. The van der Waals surface area contributed by atoms with Gasteiger partial charge in [0.15, 0.2) is 5.13 Å². The van der Waals surface area contributed by atoms with Crippen LogP contribution in [0.5, 0.6) is 0 Å². The van der Waals surface area contributed by atoms with Crippen LogP contribution in [0.25, 0.3) is 10.2 Å². The summed E-state index contributed by atoms with van der Waals surface area (Å²) >= 11 is 7.78. The summed E-state index contributed by atoms with van der Waals surface area (Å²) in [6.45, 7) is 2.37. The van der Waals surface area contributed by atoms with Crippen molar-refractivity contribution in [3.63, 3.8) is 0 Å². The number of nitro benzene ring substituents is 1. The van der Waals surface area contributed by atoms with Crippen LogP contribution in [0, 0.1) is 10.1 Å². The summed E-state index contributed by atoms with van der Waals surface area (Å²) in [6.07, 6.45) is 0. The average Bonchev–Trinajstić information content (AvgIpc) is 3.13. The Morgan fingerprint density at radius 2 is 1.89 bits per heavy atom. The summed E-state index contributed by atoms with van der Waals surface area (Å²) < 4.78 is 1.03. The highest BCUT2D eigenvalue weighted by atomic mass is 35.5. The number of thiazole rings is 1. The molecule has 27 heavy (non-hydrogen) atoms. The third-order valence-corrected chi connectivity index (χ3v) is 5.89. The van der Waals surface area contributed by atoms with Gasteiger partial charge in [0.1, 0.15) is 5.52 Å². The second kappa shape index (κ2) is 7.13. The summed E-state index contributed by atoms with van der Waals surface area (Å²) in [5.74, 6) is -0.189. The Balaban J connectivity index is 1.46. The maximum Gasteiger partial charge on any atom is 0.270 e. The van der Waals surface area contributed by atoms with Crippen molar-refractivity contribution in [2.24, 2.45) is 0 Å². The zero-order valence-electron chi connectivity index (χ0n) is 14.2. The first kappa shape index (κ1) is 17.7. The van der Waals surface area contributed by atoms with Crippen molar-refractivity contribution in [3.05, 3.63) is 63.2 Å². The summed E-state index contributed by atoms with van der Waals surface area (Å²) in [4.78, 5) is 31.6. The number of piperazine rings is 1. The molecule has 1 saturated heterocycles. The summed E-state index contributed by atoms with van der Waals surface area (Å²) in [6, 6.07) is 11.6. The molecule has 138 valence electrons. The molecular weight excluding hydrogens is 388 g/mol. The van der Waals surface area contributed by atoms with E-state index in [0.717, 1.165) is 15.3 Å². The zero-order valence-corrected chi connectivity index (χ0v) is 15.7. The van der Waals surface area contributed by atoms with Gasteiger partial charge >= 0.3 is 0 Å². The highest BCUT2D eigenvalue weighted by Crippen LogP contribution is 2.33. The summed E-state index contributed by atoms with van der Waals surface area (Å²) in [5, 5.41) is 12.4. The molecule has 3 aromatic rings. The molecule has 2 aromatic carbocycles. The van der Waals surface area contributed by atoms with Crippen LogP contribution in [0.3, 0.4) is 0 Å². The molecule has 1 amide bonds. The number of rotatable bonds is 3. The molecule has 0 N–H and O–H groups in total. The lowest BCUT2D eigenvalue weighted by molar-refractivity contribution is -0.384. The molecule has 1 aliphatic heterocycles. The fourth-order valence-electron chi connectivity index (χ4n) is 3.07. The molecule has 0 atom stereocenters. The van der Waals surface area contributed by atoms with Gasteiger partial charge in [-0.1, -0.05) is 35.1 Å². The van der Waals surface area contributed by atoms with Crippen LogP contribution in [-0.2, 0) is 0 Å². The Morgan fingerprint density at radius 3 is 2.59 bits per heavy atom. The van der Waals surface area contributed by atoms with Gasteiger partial charge in [0, 0.05) is 43.9 Å². The van der Waals surface area contributed by atoms with Gasteiger partial charge in [-0.25, -0.2) is 4.98 Å². The second-order valence-electron chi connectivity index (χ2n) is 6.17. The highest BCUT2D eigenvalue weighted by molar-refractivity contribution is 7.22. The molecule has 0 unspecified atom stereocenters. The van der Waals surface area contributed by atoms with Crippen LogP contribution in [-0.4, -0.2) is 46.9 Å². The number of hydrogen-bond acceptors (Lipinski definition) is 6. The number of fused-ring (bicyclic) bond motifs is 1. The van der Waals surface area contributed by atoms with Crippen molar-refractivity contribution in [2.45, 2.75) is 0 Å². The molecule has 7 nitrogen and oxygen atoms in total. The molecule has 1 aliphatic rings. The number of carbonyl (C=O) groups is 1. The van der Waals surface area contributed by atoms with Crippen LogP contribution in [0.15, 0.2) is 42.5 Å². The number of amides is 1. The molecule has 0 radical (unpaired) electrons. The van der Waals surface area contributed by atoms with Crippen LogP contribution in [0.4, 0.5) is 10.8 Å². The number of hydrogen-bond donors (Lipinski definition) is 0. The Morgan fingerprint density at radius 1 is 1.15 bits per heavy atom. The van der Waals surface area contributed by atoms with E-state index in [-0.39, 0.29) is 11.6 Å². The number of nitrogens with zero attached hydrogens (tertiary/aromatic N) is 4. The molecule has 0 spiro atoms. The second-order valence-corrected chi connectivity index (χ2v) is 7.59. The topological polar surface area (TPSA) is 79.6 Å². The highest BCUT2D eigenvalue weighted by Gasteiger charge is 2.25.